The van der Waals surface area contributed by atoms with Crippen LogP contribution in [0, 0.1) is 0 Å². The molecule has 0 aromatic carbocycles. The highest BCUT2D eigenvalue weighted by atomic mass is 32.2. The molecular weight excluding hydrogens is 222 g/mol. The van der Waals surface area contributed by atoms with Gasteiger partial charge in [-0.3, -0.25) is 4.21 Å². The molecule has 0 saturated heterocycles. The fraction of sp³-hybridized carbons (Fsp3) is 0.727. The Hall–Kier alpha value is -0.840. The molecule has 0 bridgehead atoms. The highest BCUT2D eigenvalue weighted by Gasteiger charge is 2.06. The average molecular weight is 243 g/mol. The molecule has 0 spiro atoms. The Bertz CT molecular complexity index is 338. The molecule has 0 amide bonds. The van der Waals surface area contributed by atoms with Gasteiger partial charge in [0.25, 0.3) is 0 Å². The van der Waals surface area contributed by atoms with Gasteiger partial charge in [-0.15, -0.1) is 0 Å². The summed E-state index contributed by atoms with van der Waals surface area (Å²) < 4.78 is 13.3. The minimum absolute atomic E-state index is 0.238. The van der Waals surface area contributed by atoms with Crippen LogP contribution in [0.3, 0.4) is 0 Å². The summed E-state index contributed by atoms with van der Waals surface area (Å²) in [5, 5.41) is 3.52. The quantitative estimate of drug-likeness (QED) is 0.795. The van der Waals surface area contributed by atoms with Crippen LogP contribution in [-0.4, -0.2) is 31.8 Å². The van der Waals surface area contributed by atoms with Crippen LogP contribution in [0.25, 0.3) is 0 Å². The Morgan fingerprint density at radius 2 is 2.38 bits per heavy atom. The van der Waals surface area contributed by atoms with Crippen molar-refractivity contribution in [2.75, 3.05) is 18.1 Å². The third kappa shape index (κ3) is 3.96. The molecule has 5 heteroatoms. The predicted octanol–water partition coefficient (Wildman–Crippen LogP) is 1.86. The first-order valence-corrected chi connectivity index (χ1v) is 7.34. The van der Waals surface area contributed by atoms with E-state index in [2.05, 4.69) is 21.8 Å². The van der Waals surface area contributed by atoms with Gasteiger partial charge in [0.05, 0.1) is 0 Å². The molecule has 2 unspecified atom stereocenters. The number of rotatable bonds is 7. The summed E-state index contributed by atoms with van der Waals surface area (Å²) in [6.07, 6.45) is 7.54. The SMILES string of the molecule is CCCn1ccnc1NCCC(C)S(C)=O. The molecule has 1 heterocycles. The normalized spacial score (nSPS) is 14.7. The molecule has 1 rings (SSSR count). The largest absolute Gasteiger partial charge is 0.356 e. The van der Waals surface area contributed by atoms with Crippen molar-refractivity contribution < 1.29 is 4.21 Å². The van der Waals surface area contributed by atoms with Gasteiger partial charge in [0.15, 0.2) is 0 Å². The first kappa shape index (κ1) is 13.2. The molecule has 0 radical (unpaired) electrons. The van der Waals surface area contributed by atoms with Gasteiger partial charge >= 0.3 is 0 Å². The molecule has 92 valence electrons. The van der Waals surface area contributed by atoms with Gasteiger partial charge in [-0.2, -0.15) is 0 Å². The van der Waals surface area contributed by atoms with Crippen LogP contribution < -0.4 is 5.32 Å². The van der Waals surface area contributed by atoms with Crippen LogP contribution in [0.15, 0.2) is 12.4 Å². The number of nitrogens with one attached hydrogen (secondary N) is 1. The molecule has 4 nitrogen and oxygen atoms in total. The van der Waals surface area contributed by atoms with Gasteiger partial charge in [-0.25, -0.2) is 4.98 Å². The maximum absolute atomic E-state index is 11.2. The van der Waals surface area contributed by atoms with Gasteiger partial charge in [-0.1, -0.05) is 13.8 Å². The summed E-state index contributed by atoms with van der Waals surface area (Å²) >= 11 is 0. The zero-order valence-corrected chi connectivity index (χ0v) is 11.1. The van der Waals surface area contributed by atoms with Crippen molar-refractivity contribution in [3.05, 3.63) is 12.4 Å². The Kier molecular flexibility index (Phi) is 5.52. The third-order valence-corrected chi connectivity index (χ3v) is 3.95. The zero-order valence-electron chi connectivity index (χ0n) is 10.3. The van der Waals surface area contributed by atoms with E-state index in [9.17, 15) is 4.21 Å². The second kappa shape index (κ2) is 6.68. The topological polar surface area (TPSA) is 46.9 Å². The lowest BCUT2D eigenvalue weighted by atomic mass is 10.3. The molecule has 0 aliphatic rings. The molecule has 0 saturated carbocycles. The van der Waals surface area contributed by atoms with Crippen molar-refractivity contribution in [3.63, 3.8) is 0 Å². The summed E-state index contributed by atoms with van der Waals surface area (Å²) in [6, 6.07) is 0. The van der Waals surface area contributed by atoms with Crippen LogP contribution in [0.2, 0.25) is 0 Å². The fourth-order valence-electron chi connectivity index (χ4n) is 1.45. The van der Waals surface area contributed by atoms with E-state index in [4.69, 9.17) is 0 Å². The van der Waals surface area contributed by atoms with Crippen LogP contribution in [-0.2, 0) is 17.3 Å². The van der Waals surface area contributed by atoms with Crippen molar-refractivity contribution in [1.82, 2.24) is 9.55 Å². The molecule has 1 N–H and O–H groups in total. The Labute approximate surface area is 99.9 Å². The van der Waals surface area contributed by atoms with E-state index in [0.717, 1.165) is 31.9 Å². The van der Waals surface area contributed by atoms with E-state index in [1.165, 1.54) is 0 Å². The Morgan fingerprint density at radius 1 is 1.62 bits per heavy atom. The van der Waals surface area contributed by atoms with E-state index < -0.39 is 10.8 Å². The van der Waals surface area contributed by atoms with Crippen molar-refractivity contribution in [1.29, 1.82) is 0 Å². The first-order valence-electron chi connectivity index (χ1n) is 5.72. The van der Waals surface area contributed by atoms with Gasteiger partial charge < -0.3 is 9.88 Å². The smallest absolute Gasteiger partial charge is 0.202 e. The summed E-state index contributed by atoms with van der Waals surface area (Å²) in [7, 11) is -0.735. The van der Waals surface area contributed by atoms with Crippen LogP contribution in [0.5, 0.6) is 0 Å². The summed E-state index contributed by atoms with van der Waals surface area (Å²) in [4.78, 5) is 4.25. The molecule has 2 atom stereocenters. The Balaban J connectivity index is 2.36. The highest BCUT2D eigenvalue weighted by molar-refractivity contribution is 7.84. The maximum Gasteiger partial charge on any atom is 0.202 e. The van der Waals surface area contributed by atoms with E-state index in [1.54, 1.807) is 12.5 Å². The number of hydrogen-bond acceptors (Lipinski definition) is 3. The van der Waals surface area contributed by atoms with Crippen molar-refractivity contribution in [2.45, 2.75) is 38.5 Å². The molecule has 0 fully saturated rings. The second-order valence-electron chi connectivity index (χ2n) is 3.97. The van der Waals surface area contributed by atoms with E-state index in [0.29, 0.717) is 0 Å². The van der Waals surface area contributed by atoms with Gasteiger partial charge in [0.2, 0.25) is 5.95 Å². The van der Waals surface area contributed by atoms with Crippen molar-refractivity contribution >= 4 is 16.7 Å². The zero-order chi connectivity index (χ0) is 12.0. The molecule has 16 heavy (non-hydrogen) atoms. The molecule has 1 aromatic rings. The number of aryl methyl sites for hydroxylation is 1. The van der Waals surface area contributed by atoms with Gasteiger partial charge in [0, 0.05) is 47.8 Å². The van der Waals surface area contributed by atoms with E-state index in [1.807, 2.05) is 13.1 Å². The van der Waals surface area contributed by atoms with Crippen molar-refractivity contribution in [3.8, 4) is 0 Å². The van der Waals surface area contributed by atoms with Crippen LogP contribution in [0.1, 0.15) is 26.7 Å². The molecule has 0 aliphatic heterocycles. The lowest BCUT2D eigenvalue weighted by Crippen LogP contribution is -2.16. The summed E-state index contributed by atoms with van der Waals surface area (Å²) in [6.45, 7) is 5.96. The number of nitrogens with zero attached hydrogens (tertiary/aromatic N) is 2. The van der Waals surface area contributed by atoms with Gasteiger partial charge in [0.1, 0.15) is 0 Å². The monoisotopic (exact) mass is 243 g/mol. The molecule has 1 aromatic heterocycles. The minimum atomic E-state index is -0.735. The number of anilines is 1. The molecular formula is C11H21N3OS. The summed E-state index contributed by atoms with van der Waals surface area (Å²) in [5.41, 5.74) is 0. The fourth-order valence-corrected chi connectivity index (χ4v) is 1.90. The average Bonchev–Trinajstić information content (AvgIpc) is 2.66. The van der Waals surface area contributed by atoms with Crippen LogP contribution in [0.4, 0.5) is 5.95 Å². The number of hydrogen-bond donors (Lipinski definition) is 1. The minimum Gasteiger partial charge on any atom is -0.356 e. The number of aromatic nitrogens is 2. The lowest BCUT2D eigenvalue weighted by molar-refractivity contribution is 0.667. The van der Waals surface area contributed by atoms with Crippen LogP contribution >= 0.6 is 0 Å². The predicted molar refractivity (Wildman–Crippen MR) is 69.2 cm³/mol. The summed E-state index contributed by atoms with van der Waals surface area (Å²) in [5.74, 6) is 0.913. The molecule has 0 aliphatic carbocycles. The lowest BCUT2D eigenvalue weighted by Gasteiger charge is -2.11. The van der Waals surface area contributed by atoms with Gasteiger partial charge in [-0.05, 0) is 12.8 Å². The van der Waals surface area contributed by atoms with Crippen molar-refractivity contribution in [2.24, 2.45) is 0 Å². The number of imidazole rings is 1. The maximum atomic E-state index is 11.2. The Morgan fingerprint density at radius 3 is 3.00 bits per heavy atom. The first-order chi connectivity index (χ1) is 7.65. The van der Waals surface area contributed by atoms with E-state index in [-0.39, 0.29) is 5.25 Å². The standard InChI is InChI=1S/C11H21N3OS/c1-4-8-14-9-7-13-11(14)12-6-5-10(2)16(3)15/h7,9-10H,4-6,8H2,1-3H3,(H,12,13). The highest BCUT2D eigenvalue weighted by Crippen LogP contribution is 2.06. The third-order valence-electron chi connectivity index (χ3n) is 2.58. The second-order valence-corrected chi connectivity index (χ2v) is 5.77. The van der Waals surface area contributed by atoms with E-state index >= 15 is 0 Å².